The van der Waals surface area contributed by atoms with Crippen molar-refractivity contribution < 1.29 is 57.8 Å². The third kappa shape index (κ3) is 6.20. The van der Waals surface area contributed by atoms with Crippen LogP contribution in [0.3, 0.4) is 0 Å². The zero-order valence-corrected chi connectivity index (χ0v) is 17.8. The molecule has 0 spiro atoms. The molecule has 3 aliphatic heterocycles. The maximum absolute atomic E-state index is 8.49. The fraction of sp³-hybridized carbons (Fsp3) is 0.250. The summed E-state index contributed by atoms with van der Waals surface area (Å²) in [7, 11) is -9.30. The average Bonchev–Trinajstić information content (AvgIpc) is 2.54. The van der Waals surface area contributed by atoms with Crippen molar-refractivity contribution >= 4 is 21.8 Å². The second-order valence-corrected chi connectivity index (χ2v) is 11.8. The smallest absolute Gasteiger partial charge is 0.216 e. The van der Waals surface area contributed by atoms with E-state index >= 15 is 0 Å². The molecule has 5 rings (SSSR count). The van der Waals surface area contributed by atoms with E-state index in [2.05, 4.69) is 62.4 Å². The summed E-state index contributed by atoms with van der Waals surface area (Å²) in [5, 5.41) is 1.58. The van der Waals surface area contributed by atoms with Gasteiger partial charge in [-0.05, 0) is 38.1 Å². The van der Waals surface area contributed by atoms with Gasteiger partial charge in [-0.1, -0.05) is 24.3 Å². The molecule has 0 aromatic heterocycles. The molecule has 2 atom stereocenters. The first-order valence-electron chi connectivity index (χ1n) is 7.67. The average molecular weight is 471 g/mol. The molecule has 154 valence electrons. The van der Waals surface area contributed by atoms with Gasteiger partial charge in [-0.25, -0.2) is 37.3 Å². The number of hydrogen-bond acceptors (Lipinski definition) is 8. The lowest BCUT2D eigenvalue weighted by molar-refractivity contribution is -2.00. The number of hydrogen-bond donors (Lipinski definition) is 0. The van der Waals surface area contributed by atoms with Crippen LogP contribution in [0.5, 0.6) is 0 Å². The molecule has 0 unspecified atom stereocenters. The topological polar surface area (TPSA) is 184 Å². The summed E-state index contributed by atoms with van der Waals surface area (Å²) in [5.41, 5.74) is 0. The highest BCUT2D eigenvalue weighted by atomic mass is 35.7. The number of fused-ring (bicyclic) bond motifs is 1. The normalized spacial score (nSPS) is 24.8. The van der Waals surface area contributed by atoms with Gasteiger partial charge in [0.1, 0.15) is 0 Å². The molecule has 3 heterocycles. The Hall–Kier alpha value is -0.600. The highest BCUT2D eigenvalue weighted by Gasteiger charge is 2.61. The molecule has 0 fully saturated rings. The van der Waals surface area contributed by atoms with Crippen molar-refractivity contribution in [1.29, 1.82) is 0 Å². The molecule has 0 amide bonds. The molecule has 28 heavy (non-hydrogen) atoms. The minimum absolute atomic E-state index is 0.297. The van der Waals surface area contributed by atoms with Crippen molar-refractivity contribution in [3.63, 3.8) is 0 Å². The van der Waals surface area contributed by atoms with E-state index in [1.54, 1.807) is 19.6 Å². The maximum atomic E-state index is 8.49. The molecule has 0 saturated heterocycles. The van der Waals surface area contributed by atoms with Gasteiger partial charge in [0, 0.05) is 0 Å². The van der Waals surface area contributed by atoms with Crippen LogP contribution in [-0.4, -0.2) is 10.5 Å². The maximum Gasteiger partial charge on any atom is 0.216 e. The molecule has 0 radical (unpaired) electrons. The Balaban J connectivity index is 0.000000237. The molecule has 8 nitrogen and oxygen atoms in total. The van der Waals surface area contributed by atoms with E-state index in [9.17, 15) is 0 Å². The van der Waals surface area contributed by atoms with Crippen LogP contribution in [0.25, 0.3) is 0 Å². The molecular formula is C16H16Cl2O8S2. The molecule has 12 heteroatoms. The van der Waals surface area contributed by atoms with Gasteiger partial charge in [-0.2, -0.15) is 0 Å². The van der Waals surface area contributed by atoms with Crippen LogP contribution < -0.4 is 37.3 Å². The van der Waals surface area contributed by atoms with Crippen molar-refractivity contribution in [2.75, 3.05) is 0 Å². The monoisotopic (exact) mass is 470 g/mol. The van der Waals surface area contributed by atoms with E-state index < -0.39 is 20.5 Å². The first kappa shape index (κ1) is 23.7. The van der Waals surface area contributed by atoms with E-state index in [4.69, 9.17) is 37.3 Å². The zero-order valence-electron chi connectivity index (χ0n) is 14.6. The van der Waals surface area contributed by atoms with E-state index in [0.29, 0.717) is 21.8 Å². The Morgan fingerprint density at radius 3 is 0.893 bits per heavy atom. The standard InChI is InChI=1S/C16H16S2.2ClHO4/c1-11-12(2)18-15-9-5-3-7-13(15)17(11)14-8-4-6-10-16(14)18;2*2-1(3,4)5/h3-12H,1-2H3;2*(H,2,3,4,5)/q+2;;/p-2/t11-,12-,17?,18?;;/m0../s1. The molecule has 0 N–H and O–H groups in total. The van der Waals surface area contributed by atoms with E-state index in [-0.39, 0.29) is 0 Å². The van der Waals surface area contributed by atoms with Crippen LogP contribution in [0.1, 0.15) is 13.8 Å². The van der Waals surface area contributed by atoms with Crippen molar-refractivity contribution in [1.82, 2.24) is 0 Å². The van der Waals surface area contributed by atoms with Crippen molar-refractivity contribution in [2.45, 2.75) is 43.9 Å². The van der Waals surface area contributed by atoms with Gasteiger partial charge in [0.05, 0.1) is 21.8 Å². The third-order valence-corrected chi connectivity index (χ3v) is 10.1. The van der Waals surface area contributed by atoms with Crippen LogP contribution in [-0.2, 0) is 21.8 Å². The molecule has 0 saturated carbocycles. The van der Waals surface area contributed by atoms with Gasteiger partial charge in [0.2, 0.25) is 19.6 Å². The van der Waals surface area contributed by atoms with Crippen molar-refractivity contribution in [3.05, 3.63) is 48.5 Å². The largest absolute Gasteiger partial charge is 0.222 e. The Kier molecular flexibility index (Phi) is 7.65. The first-order valence-corrected chi connectivity index (χ1v) is 12.7. The fourth-order valence-electron chi connectivity index (χ4n) is 3.05. The van der Waals surface area contributed by atoms with Gasteiger partial charge in [-0.3, -0.25) is 0 Å². The lowest BCUT2D eigenvalue weighted by Crippen LogP contribution is -2.68. The minimum Gasteiger partial charge on any atom is -0.222 e. The zero-order chi connectivity index (χ0) is 21.3. The van der Waals surface area contributed by atoms with Crippen molar-refractivity contribution in [3.8, 4) is 0 Å². The van der Waals surface area contributed by atoms with Crippen LogP contribution in [0, 0.1) is 20.5 Å². The predicted octanol–water partition coefficient (Wildman–Crippen LogP) is -5.65. The number of halogens is 2. The predicted molar refractivity (Wildman–Crippen MR) is 79.6 cm³/mol. The van der Waals surface area contributed by atoms with Crippen molar-refractivity contribution in [2.24, 2.45) is 0 Å². The second kappa shape index (κ2) is 9.04. The van der Waals surface area contributed by atoms with Crippen LogP contribution >= 0.6 is 0 Å². The van der Waals surface area contributed by atoms with E-state index in [1.807, 2.05) is 0 Å². The molecule has 2 aromatic carbocycles. The molecule has 0 aliphatic carbocycles. The number of benzene rings is 2. The molecular weight excluding hydrogens is 455 g/mol. The Labute approximate surface area is 171 Å². The third-order valence-electron chi connectivity index (χ3n) is 4.05. The van der Waals surface area contributed by atoms with Gasteiger partial charge in [0.25, 0.3) is 0 Å². The molecule has 2 bridgehead atoms. The van der Waals surface area contributed by atoms with E-state index in [0.717, 1.165) is 10.5 Å². The molecule has 3 aliphatic rings. The Morgan fingerprint density at radius 2 is 0.714 bits per heavy atom. The lowest BCUT2D eigenvalue weighted by Gasteiger charge is -2.32. The second-order valence-electron chi connectivity index (χ2n) is 5.74. The summed E-state index contributed by atoms with van der Waals surface area (Å²) < 4.78 is 67.9. The Morgan fingerprint density at radius 1 is 0.536 bits per heavy atom. The van der Waals surface area contributed by atoms with Crippen LogP contribution in [0.2, 0.25) is 0 Å². The summed E-state index contributed by atoms with van der Waals surface area (Å²) in [6, 6.07) is 18.3. The summed E-state index contributed by atoms with van der Waals surface area (Å²) in [6.07, 6.45) is 0. The highest BCUT2D eigenvalue weighted by Crippen LogP contribution is 2.52. The summed E-state index contributed by atoms with van der Waals surface area (Å²) in [5.74, 6) is 0. The Bertz CT molecular complexity index is 686. The summed E-state index contributed by atoms with van der Waals surface area (Å²) in [4.78, 5) is 6.46. The highest BCUT2D eigenvalue weighted by molar-refractivity contribution is 8.06. The minimum atomic E-state index is -4.94. The molecule has 2 aromatic rings. The first-order chi connectivity index (χ1) is 12.8. The summed E-state index contributed by atoms with van der Waals surface area (Å²) >= 11 is 0. The van der Waals surface area contributed by atoms with E-state index in [1.165, 1.54) is 0 Å². The lowest BCUT2D eigenvalue weighted by atomic mass is 10.3. The quantitative estimate of drug-likeness (QED) is 0.340. The summed E-state index contributed by atoms with van der Waals surface area (Å²) in [6.45, 7) is 4.89. The van der Waals surface area contributed by atoms with Crippen LogP contribution in [0.15, 0.2) is 68.1 Å². The van der Waals surface area contributed by atoms with Crippen LogP contribution in [0.4, 0.5) is 0 Å². The van der Waals surface area contributed by atoms with Gasteiger partial charge < -0.3 is 0 Å². The number of rotatable bonds is 0. The van der Waals surface area contributed by atoms with Gasteiger partial charge in [0.15, 0.2) is 10.5 Å². The SMILES string of the molecule is C[C@H]1[C@H](C)[S+]2c3ccccc3[S+]1c1ccccc12.[O-][Cl+3]([O-])([O-])[O-].[O-][Cl+3]([O-])([O-])[O-]. The van der Waals surface area contributed by atoms with Gasteiger partial charge in [-0.15, -0.1) is 20.5 Å². The van der Waals surface area contributed by atoms with Gasteiger partial charge >= 0.3 is 0 Å². The fourth-order valence-corrected chi connectivity index (χ4v) is 9.67.